The molecule has 0 aliphatic carbocycles. The van der Waals surface area contributed by atoms with Gasteiger partial charge >= 0.3 is 0 Å². The van der Waals surface area contributed by atoms with Crippen molar-refractivity contribution in [3.8, 4) is 0 Å². The van der Waals surface area contributed by atoms with E-state index in [9.17, 15) is 14.9 Å². The maximum Gasteiger partial charge on any atom is 0.269 e. The Morgan fingerprint density at radius 2 is 2.25 bits per heavy atom. The number of likely N-dealkylation sites (tertiary alicyclic amines) is 1. The molecule has 0 saturated carbocycles. The van der Waals surface area contributed by atoms with Gasteiger partial charge in [-0.25, -0.2) is 0 Å². The number of amides is 1. The number of nitro benzene ring substituents is 1. The van der Waals surface area contributed by atoms with Crippen LogP contribution in [0.5, 0.6) is 0 Å². The Balaban J connectivity index is 2.10. The number of carbonyl (C=O) groups is 1. The lowest BCUT2D eigenvalue weighted by molar-refractivity contribution is -0.384. The highest BCUT2D eigenvalue weighted by molar-refractivity contribution is 5.81. The van der Waals surface area contributed by atoms with Crippen LogP contribution in [0.25, 0.3) is 0 Å². The largest absolute Gasteiger partial charge is 0.347 e. The molecular weight excluding hydrogens is 258 g/mol. The highest BCUT2D eigenvalue weighted by atomic mass is 16.6. The molecule has 1 unspecified atom stereocenters. The molecule has 0 radical (unpaired) electrons. The van der Waals surface area contributed by atoms with Gasteiger partial charge in [-0.05, 0) is 24.9 Å². The Morgan fingerprint density at radius 3 is 2.90 bits per heavy atom. The quantitative estimate of drug-likeness (QED) is 0.620. The van der Waals surface area contributed by atoms with E-state index in [-0.39, 0.29) is 17.6 Å². The summed E-state index contributed by atoms with van der Waals surface area (Å²) in [6, 6.07) is 6.50. The summed E-state index contributed by atoms with van der Waals surface area (Å²) in [6.45, 7) is 1.43. The Morgan fingerprint density at radius 1 is 1.50 bits per heavy atom. The van der Waals surface area contributed by atoms with Crippen LogP contribution in [0.3, 0.4) is 0 Å². The van der Waals surface area contributed by atoms with Crippen molar-refractivity contribution in [1.82, 2.24) is 9.80 Å². The number of non-ortho nitro benzene ring substituents is 1. The van der Waals surface area contributed by atoms with E-state index < -0.39 is 4.92 Å². The molecule has 1 aliphatic rings. The molecule has 0 N–H and O–H groups in total. The molecule has 1 aliphatic heterocycles. The lowest BCUT2D eigenvalue weighted by Gasteiger charge is -2.26. The molecule has 1 saturated heterocycles. The van der Waals surface area contributed by atoms with Gasteiger partial charge in [0, 0.05) is 32.8 Å². The van der Waals surface area contributed by atoms with E-state index in [0.717, 1.165) is 24.9 Å². The number of hydrogen-bond donors (Lipinski definition) is 0. The molecule has 0 bridgehead atoms. The number of rotatable bonds is 4. The van der Waals surface area contributed by atoms with Crippen LogP contribution in [0.1, 0.15) is 18.4 Å². The van der Waals surface area contributed by atoms with Gasteiger partial charge in [0.1, 0.15) is 0 Å². The van der Waals surface area contributed by atoms with E-state index in [0.29, 0.717) is 6.54 Å². The van der Waals surface area contributed by atoms with Crippen LogP contribution in [0, 0.1) is 10.1 Å². The lowest BCUT2D eigenvalue weighted by Crippen LogP contribution is -2.42. The van der Waals surface area contributed by atoms with Gasteiger partial charge < -0.3 is 4.90 Å². The van der Waals surface area contributed by atoms with Crippen molar-refractivity contribution < 1.29 is 9.72 Å². The number of hydrogen-bond acceptors (Lipinski definition) is 4. The summed E-state index contributed by atoms with van der Waals surface area (Å²) < 4.78 is 0. The van der Waals surface area contributed by atoms with Crippen LogP contribution in [0.2, 0.25) is 0 Å². The van der Waals surface area contributed by atoms with E-state index in [1.165, 1.54) is 6.07 Å². The molecule has 2 rings (SSSR count). The molecule has 1 amide bonds. The van der Waals surface area contributed by atoms with E-state index in [1.807, 2.05) is 6.07 Å². The first kappa shape index (κ1) is 14.5. The topological polar surface area (TPSA) is 66.7 Å². The second-order valence-corrected chi connectivity index (χ2v) is 5.29. The van der Waals surface area contributed by atoms with E-state index in [2.05, 4.69) is 4.90 Å². The molecule has 1 heterocycles. The summed E-state index contributed by atoms with van der Waals surface area (Å²) in [5, 5.41) is 10.8. The van der Waals surface area contributed by atoms with Crippen LogP contribution in [-0.4, -0.2) is 47.3 Å². The fourth-order valence-corrected chi connectivity index (χ4v) is 2.60. The van der Waals surface area contributed by atoms with Gasteiger partial charge in [-0.2, -0.15) is 0 Å². The first-order chi connectivity index (χ1) is 9.49. The molecule has 0 spiro atoms. The standard InChI is InChI=1S/C14H19N3O3/c1-15(2)14(18)13-7-4-8-16(13)10-11-5-3-6-12(9-11)17(19)20/h3,5-6,9,13H,4,7-8,10H2,1-2H3. The molecule has 108 valence electrons. The van der Waals surface area contributed by atoms with E-state index >= 15 is 0 Å². The summed E-state index contributed by atoms with van der Waals surface area (Å²) in [5.74, 6) is 0.105. The average Bonchev–Trinajstić information content (AvgIpc) is 2.86. The van der Waals surface area contributed by atoms with Gasteiger partial charge in [-0.3, -0.25) is 19.8 Å². The number of carbonyl (C=O) groups excluding carboxylic acids is 1. The van der Waals surface area contributed by atoms with Crippen LogP contribution >= 0.6 is 0 Å². The van der Waals surface area contributed by atoms with Crippen molar-refractivity contribution >= 4 is 11.6 Å². The summed E-state index contributed by atoms with van der Waals surface area (Å²) >= 11 is 0. The summed E-state index contributed by atoms with van der Waals surface area (Å²) in [5.41, 5.74) is 0.967. The normalized spacial score (nSPS) is 19.0. The van der Waals surface area contributed by atoms with E-state index in [1.54, 1.807) is 31.1 Å². The van der Waals surface area contributed by atoms with Gasteiger partial charge in [0.2, 0.25) is 5.91 Å². The van der Waals surface area contributed by atoms with Gasteiger partial charge in [0.05, 0.1) is 11.0 Å². The third-order valence-corrected chi connectivity index (χ3v) is 3.60. The molecule has 1 fully saturated rings. The molecule has 20 heavy (non-hydrogen) atoms. The second kappa shape index (κ2) is 6.00. The number of nitrogens with zero attached hydrogens (tertiary/aromatic N) is 3. The lowest BCUT2D eigenvalue weighted by atomic mass is 10.1. The fourth-order valence-electron chi connectivity index (χ4n) is 2.60. The predicted molar refractivity (Wildman–Crippen MR) is 75.2 cm³/mol. The molecule has 6 heteroatoms. The Bertz CT molecular complexity index is 516. The van der Waals surface area contributed by atoms with Gasteiger partial charge in [0.25, 0.3) is 5.69 Å². The number of likely N-dealkylation sites (N-methyl/N-ethyl adjacent to an activating group) is 1. The molecular formula is C14H19N3O3. The zero-order valence-electron chi connectivity index (χ0n) is 11.8. The summed E-state index contributed by atoms with van der Waals surface area (Å²) in [4.78, 5) is 26.2. The predicted octanol–water partition coefficient (Wildman–Crippen LogP) is 1.65. The molecule has 1 aromatic carbocycles. The first-order valence-electron chi connectivity index (χ1n) is 6.67. The van der Waals surface area contributed by atoms with Crippen LogP contribution in [0.15, 0.2) is 24.3 Å². The maximum atomic E-state index is 12.1. The monoisotopic (exact) mass is 277 g/mol. The molecule has 0 aromatic heterocycles. The third kappa shape index (κ3) is 3.14. The van der Waals surface area contributed by atoms with Crippen molar-refractivity contribution in [3.05, 3.63) is 39.9 Å². The molecule has 6 nitrogen and oxygen atoms in total. The van der Waals surface area contributed by atoms with Crippen molar-refractivity contribution in [2.45, 2.75) is 25.4 Å². The fraction of sp³-hybridized carbons (Fsp3) is 0.500. The molecule has 1 aromatic rings. The highest BCUT2D eigenvalue weighted by Gasteiger charge is 2.31. The number of benzene rings is 1. The minimum atomic E-state index is -0.393. The molecule has 1 atom stereocenters. The Kier molecular flexibility index (Phi) is 4.34. The number of nitro groups is 1. The van der Waals surface area contributed by atoms with Crippen molar-refractivity contribution in [2.75, 3.05) is 20.6 Å². The first-order valence-corrected chi connectivity index (χ1v) is 6.67. The van der Waals surface area contributed by atoms with Gasteiger partial charge in [0.15, 0.2) is 0 Å². The maximum absolute atomic E-state index is 12.1. The third-order valence-electron chi connectivity index (χ3n) is 3.60. The minimum Gasteiger partial charge on any atom is -0.347 e. The Labute approximate surface area is 118 Å². The minimum absolute atomic E-state index is 0.0946. The van der Waals surface area contributed by atoms with Gasteiger partial charge in [-0.1, -0.05) is 12.1 Å². The van der Waals surface area contributed by atoms with Gasteiger partial charge in [-0.15, -0.1) is 0 Å². The van der Waals surface area contributed by atoms with Crippen LogP contribution in [0.4, 0.5) is 5.69 Å². The van der Waals surface area contributed by atoms with Crippen LogP contribution < -0.4 is 0 Å². The zero-order valence-corrected chi connectivity index (χ0v) is 11.8. The summed E-state index contributed by atoms with van der Waals surface area (Å²) in [7, 11) is 3.51. The highest BCUT2D eigenvalue weighted by Crippen LogP contribution is 2.22. The van der Waals surface area contributed by atoms with Crippen molar-refractivity contribution in [2.24, 2.45) is 0 Å². The van der Waals surface area contributed by atoms with E-state index in [4.69, 9.17) is 0 Å². The zero-order chi connectivity index (χ0) is 14.7. The van der Waals surface area contributed by atoms with Crippen molar-refractivity contribution in [1.29, 1.82) is 0 Å². The SMILES string of the molecule is CN(C)C(=O)C1CCCN1Cc1cccc([N+](=O)[O-])c1. The second-order valence-electron chi connectivity index (χ2n) is 5.29. The average molecular weight is 277 g/mol. The van der Waals surface area contributed by atoms with Crippen LogP contribution in [-0.2, 0) is 11.3 Å². The summed E-state index contributed by atoms with van der Waals surface area (Å²) in [6.07, 6.45) is 1.84. The van der Waals surface area contributed by atoms with Crippen molar-refractivity contribution in [3.63, 3.8) is 0 Å². The Hall–Kier alpha value is -1.95. The smallest absolute Gasteiger partial charge is 0.269 e.